The Labute approximate surface area is 205 Å². The minimum atomic E-state index is -4.55. The fraction of sp³-hybridized carbons (Fsp3) is 0.450. The predicted octanol–water partition coefficient (Wildman–Crippen LogP) is 1.46. The number of nitrogens with zero attached hydrogens (tertiary/aromatic N) is 4. The van der Waals surface area contributed by atoms with Crippen molar-refractivity contribution in [1.29, 1.82) is 0 Å². The highest BCUT2D eigenvalue weighted by Crippen LogP contribution is 2.40. The first-order valence-corrected chi connectivity index (χ1v) is 12.1. The highest BCUT2D eigenvalue weighted by Gasteiger charge is 2.39. The lowest BCUT2D eigenvalue weighted by Gasteiger charge is -2.22. The molecule has 1 fully saturated rings. The van der Waals surface area contributed by atoms with Gasteiger partial charge in [0.25, 0.3) is 5.56 Å². The van der Waals surface area contributed by atoms with E-state index in [1.54, 1.807) is 30.3 Å². The number of esters is 1. The topological polar surface area (TPSA) is 233 Å². The van der Waals surface area contributed by atoms with Gasteiger partial charge in [0.1, 0.15) is 12.3 Å². The zero-order chi connectivity index (χ0) is 25.6. The van der Waals surface area contributed by atoms with E-state index < -0.39 is 56.0 Å². The molecule has 1 aliphatic rings. The Morgan fingerprint density at radius 3 is 2.75 bits per heavy atom. The van der Waals surface area contributed by atoms with Crippen molar-refractivity contribution in [1.82, 2.24) is 20.8 Å². The summed E-state index contributed by atoms with van der Waals surface area (Å²) in [6.07, 6.45) is -0.451. The van der Waals surface area contributed by atoms with E-state index in [0.29, 0.717) is 0 Å². The summed E-state index contributed by atoms with van der Waals surface area (Å²) in [7, 11) is -3.39. The summed E-state index contributed by atoms with van der Waals surface area (Å²) in [5, 5.41) is 5.92. The minimum absolute atomic E-state index is 0. The zero-order valence-corrected chi connectivity index (χ0v) is 20.5. The van der Waals surface area contributed by atoms with Crippen molar-refractivity contribution in [3.05, 3.63) is 78.9 Å². The molecule has 2 heterocycles. The molecule has 196 valence electrons. The van der Waals surface area contributed by atoms with Crippen LogP contribution in [0.15, 0.2) is 51.2 Å². The van der Waals surface area contributed by atoms with Crippen LogP contribution in [-0.2, 0) is 29.8 Å². The van der Waals surface area contributed by atoms with Crippen LogP contribution in [0.2, 0.25) is 0 Å². The minimum Gasteiger partial charge on any atom is -0.468 e. The molecule has 0 spiro atoms. The number of hydrogen-bond acceptors (Lipinski definition) is 9. The van der Waals surface area contributed by atoms with E-state index in [9.17, 15) is 23.8 Å². The van der Waals surface area contributed by atoms with Crippen molar-refractivity contribution in [2.45, 2.75) is 44.2 Å². The van der Waals surface area contributed by atoms with Gasteiger partial charge < -0.3 is 20.5 Å². The number of aryl methyl sites for hydroxylation is 1. The lowest BCUT2D eigenvalue weighted by Crippen LogP contribution is -2.38. The maximum absolute atomic E-state index is 12.7. The summed E-state index contributed by atoms with van der Waals surface area (Å²) in [6, 6.07) is 6.81. The molecular weight excluding hydrogens is 497 g/mol. The van der Waals surface area contributed by atoms with Crippen LogP contribution < -0.4 is 22.5 Å². The van der Waals surface area contributed by atoms with Crippen molar-refractivity contribution in [3.63, 3.8) is 0 Å². The Morgan fingerprint density at radius 1 is 1.42 bits per heavy atom. The second kappa shape index (κ2) is 12.6. The van der Waals surface area contributed by atoms with E-state index in [1.807, 2.05) is 0 Å². The van der Waals surface area contributed by atoms with E-state index in [0.717, 1.165) is 17.2 Å². The molecule has 3 rings (SSSR count). The lowest BCUT2D eigenvalue weighted by molar-refractivity contribution is -0.142. The van der Waals surface area contributed by atoms with E-state index in [2.05, 4.69) is 20.1 Å². The SMILES string of the molecule is COC(=O)[C@H](Cc1ccccc1)NP(=O)(O)OCC1OC(n2cc(C)c(=O)[nH]c2=O)CC1N=[N+]=[N-].N. The molecule has 0 radical (unpaired) electrons. The monoisotopic (exact) mass is 525 g/mol. The second-order valence-electron chi connectivity index (χ2n) is 7.83. The van der Waals surface area contributed by atoms with E-state index >= 15 is 0 Å². The number of nitrogens with one attached hydrogen (secondary N) is 2. The normalized spacial score (nSPS) is 21.5. The largest absolute Gasteiger partial charge is 0.468 e. The molecule has 15 nitrogen and oxygen atoms in total. The molecule has 0 bridgehead atoms. The van der Waals surface area contributed by atoms with Gasteiger partial charge >= 0.3 is 19.4 Å². The summed E-state index contributed by atoms with van der Waals surface area (Å²) < 4.78 is 29.5. The van der Waals surface area contributed by atoms with Crippen molar-refractivity contribution in [2.24, 2.45) is 5.11 Å². The van der Waals surface area contributed by atoms with Crippen LogP contribution in [-0.4, -0.2) is 52.3 Å². The van der Waals surface area contributed by atoms with E-state index in [-0.39, 0.29) is 24.6 Å². The highest BCUT2D eigenvalue weighted by molar-refractivity contribution is 7.50. The first-order chi connectivity index (χ1) is 16.6. The van der Waals surface area contributed by atoms with Crippen LogP contribution in [0.4, 0.5) is 0 Å². The van der Waals surface area contributed by atoms with Crippen molar-refractivity contribution in [2.75, 3.05) is 13.7 Å². The van der Waals surface area contributed by atoms with Gasteiger partial charge in [0, 0.05) is 23.1 Å². The summed E-state index contributed by atoms with van der Waals surface area (Å²) in [5.74, 6) is -0.760. The summed E-state index contributed by atoms with van der Waals surface area (Å²) in [4.78, 5) is 51.2. The van der Waals surface area contributed by atoms with Gasteiger partial charge in [-0.15, -0.1) is 0 Å². The number of ether oxygens (including phenoxy) is 2. The maximum Gasteiger partial charge on any atom is 0.403 e. The summed E-state index contributed by atoms with van der Waals surface area (Å²) in [5.41, 5.74) is 8.62. The number of aromatic nitrogens is 2. The number of carbonyl (C=O) groups is 1. The molecule has 2 aromatic rings. The Kier molecular flexibility index (Phi) is 10.1. The Balaban J connectivity index is 0.00000456. The van der Waals surface area contributed by atoms with Gasteiger partial charge in [-0.2, -0.15) is 0 Å². The van der Waals surface area contributed by atoms with Gasteiger partial charge in [-0.1, -0.05) is 35.4 Å². The molecule has 1 aromatic heterocycles. The number of azide groups is 1. The number of benzene rings is 1. The molecule has 5 atom stereocenters. The highest BCUT2D eigenvalue weighted by atomic mass is 31.2. The molecular formula is C20H28N7O8P. The number of carbonyl (C=O) groups excluding carboxylic acids is 1. The van der Waals surface area contributed by atoms with Crippen LogP contribution in [0.1, 0.15) is 23.8 Å². The summed E-state index contributed by atoms with van der Waals surface area (Å²) >= 11 is 0. The molecule has 6 N–H and O–H groups in total. The molecule has 36 heavy (non-hydrogen) atoms. The van der Waals surface area contributed by atoms with Gasteiger partial charge in [-0.3, -0.25) is 23.7 Å². The number of aromatic amines is 1. The Morgan fingerprint density at radius 2 is 2.11 bits per heavy atom. The van der Waals surface area contributed by atoms with E-state index in [1.165, 1.54) is 13.1 Å². The molecule has 4 unspecified atom stereocenters. The van der Waals surface area contributed by atoms with Crippen LogP contribution in [0, 0.1) is 6.92 Å². The average Bonchev–Trinajstić information content (AvgIpc) is 3.22. The van der Waals surface area contributed by atoms with Crippen LogP contribution in [0.5, 0.6) is 0 Å². The Bertz CT molecular complexity index is 1260. The molecule has 0 saturated carbocycles. The van der Waals surface area contributed by atoms with Gasteiger partial charge in [0.2, 0.25) is 0 Å². The zero-order valence-electron chi connectivity index (χ0n) is 19.6. The quantitative estimate of drug-likeness (QED) is 0.115. The second-order valence-corrected chi connectivity index (χ2v) is 9.38. The number of rotatable bonds is 10. The standard InChI is InChI=1S/C20H25N6O8P.H3N/c1-12-10-26(20(29)22-18(12)27)17-9-14(23-25-21)16(34-17)11-33-35(30,31)24-15(19(28)32-2)8-13-6-4-3-5-7-13;/h3-7,10,14-17H,8-9,11H2,1-2H3,(H,22,27,29)(H2,24,30,31);1H3/t14?,15-,16?,17?;/m0./s1. The molecule has 0 amide bonds. The van der Waals surface area contributed by atoms with Crippen molar-refractivity contribution < 1.29 is 28.3 Å². The Hall–Kier alpha value is -3.29. The third-order valence-electron chi connectivity index (χ3n) is 5.36. The number of H-pyrrole nitrogens is 1. The van der Waals surface area contributed by atoms with Gasteiger partial charge in [0.15, 0.2) is 0 Å². The van der Waals surface area contributed by atoms with Crippen LogP contribution >= 0.6 is 7.75 Å². The third kappa shape index (κ3) is 7.35. The van der Waals surface area contributed by atoms with E-state index in [4.69, 9.17) is 19.5 Å². The average molecular weight is 525 g/mol. The molecule has 16 heteroatoms. The summed E-state index contributed by atoms with van der Waals surface area (Å²) in [6.45, 7) is 1.02. The molecule has 1 aliphatic heterocycles. The first kappa shape index (κ1) is 28.9. The van der Waals surface area contributed by atoms with Crippen LogP contribution in [0.3, 0.4) is 0 Å². The van der Waals surface area contributed by atoms with Crippen molar-refractivity contribution >= 4 is 13.7 Å². The smallest absolute Gasteiger partial charge is 0.403 e. The van der Waals surface area contributed by atoms with Crippen LogP contribution in [0.25, 0.3) is 10.4 Å². The lowest BCUT2D eigenvalue weighted by atomic mass is 10.1. The van der Waals surface area contributed by atoms with Gasteiger partial charge in [-0.25, -0.2) is 14.4 Å². The first-order valence-electron chi connectivity index (χ1n) is 10.5. The predicted molar refractivity (Wildman–Crippen MR) is 127 cm³/mol. The van der Waals surface area contributed by atoms with Gasteiger partial charge in [-0.05, 0) is 24.4 Å². The van der Waals surface area contributed by atoms with Gasteiger partial charge in [0.05, 0.1) is 25.9 Å². The fourth-order valence-corrected chi connectivity index (χ4v) is 4.62. The molecule has 0 aliphatic carbocycles. The third-order valence-corrected chi connectivity index (χ3v) is 6.50. The number of methoxy groups -OCH3 is 1. The van der Waals surface area contributed by atoms with Crippen molar-refractivity contribution in [3.8, 4) is 0 Å². The molecule has 1 saturated heterocycles. The fourth-order valence-electron chi connectivity index (χ4n) is 3.61. The number of hydrogen-bond donors (Lipinski definition) is 4. The maximum atomic E-state index is 12.7. The molecule has 1 aromatic carbocycles.